The van der Waals surface area contributed by atoms with E-state index in [2.05, 4.69) is 20.6 Å². The van der Waals surface area contributed by atoms with Crippen molar-refractivity contribution < 1.29 is 12.8 Å². The first kappa shape index (κ1) is 23.6. The molecule has 1 atom stereocenters. The lowest BCUT2D eigenvalue weighted by atomic mass is 10.3. The summed E-state index contributed by atoms with van der Waals surface area (Å²) in [6.07, 6.45) is 1.76. The molecule has 10 heteroatoms. The van der Waals surface area contributed by atoms with Gasteiger partial charge in [-0.25, -0.2) is 13.4 Å². The zero-order valence-corrected chi connectivity index (χ0v) is 20.5. The zero-order valence-electron chi connectivity index (χ0n) is 16.5. The van der Waals surface area contributed by atoms with Crippen LogP contribution in [0.25, 0.3) is 21.0 Å². The lowest BCUT2D eigenvalue weighted by molar-refractivity contribution is 0.511. The van der Waals surface area contributed by atoms with Gasteiger partial charge in [0, 0.05) is 19.3 Å². The van der Waals surface area contributed by atoms with Crippen LogP contribution in [0.4, 0.5) is 0 Å². The number of fused-ring (bicyclic) bond motifs is 1. The normalized spacial score (nSPS) is 13.1. The molecule has 7 nitrogen and oxygen atoms in total. The van der Waals surface area contributed by atoms with Gasteiger partial charge in [0.25, 0.3) is 0 Å². The highest BCUT2D eigenvalue weighted by atomic mass is 127. The van der Waals surface area contributed by atoms with Gasteiger partial charge < -0.3 is 15.1 Å². The molecule has 0 aliphatic rings. The minimum Gasteiger partial charge on any atom is -0.457 e. The number of para-hydroxylation sites is 1. The van der Waals surface area contributed by atoms with Gasteiger partial charge in [0.1, 0.15) is 15.6 Å². The summed E-state index contributed by atoms with van der Waals surface area (Å²) in [5.74, 6) is 2.24. The Kier molecular flexibility index (Phi) is 8.46. The van der Waals surface area contributed by atoms with Crippen molar-refractivity contribution in [1.82, 2.24) is 15.6 Å². The average Bonchev–Trinajstić information content (AvgIpc) is 3.29. The van der Waals surface area contributed by atoms with Gasteiger partial charge in [0.15, 0.2) is 16.7 Å². The third-order valence-electron chi connectivity index (χ3n) is 4.12. The minimum atomic E-state index is -2.97. The van der Waals surface area contributed by atoms with Gasteiger partial charge in [-0.2, -0.15) is 0 Å². The maximum atomic E-state index is 11.3. The van der Waals surface area contributed by atoms with Gasteiger partial charge >= 0.3 is 0 Å². The molecule has 0 saturated carbocycles. The topological polar surface area (TPSA) is 96.6 Å². The third kappa shape index (κ3) is 6.96. The lowest BCUT2D eigenvalue weighted by Crippen LogP contribution is -2.42. The fraction of sp³-hybridized carbons (Fsp3) is 0.368. The van der Waals surface area contributed by atoms with Crippen LogP contribution in [-0.2, 0) is 16.4 Å². The maximum absolute atomic E-state index is 11.3. The number of rotatable bonds is 7. The first-order valence-corrected chi connectivity index (χ1v) is 11.8. The highest BCUT2D eigenvalue weighted by Gasteiger charge is 2.12. The standard InChI is InChI=1S/C19H24N4O3S2.HI/c1-13(10-11-28(3,24)25)22-19(20-2)21-12-14-8-9-16(26-14)18-23-15-6-4-5-7-17(15)27-18;/h4-9,13H,10-12H2,1-3H3,(H2,20,21,22);1H. The summed E-state index contributed by atoms with van der Waals surface area (Å²) < 4.78 is 29.6. The van der Waals surface area contributed by atoms with E-state index >= 15 is 0 Å². The second-order valence-corrected chi connectivity index (χ2v) is 9.93. The molecule has 2 heterocycles. The molecule has 3 rings (SSSR count). The van der Waals surface area contributed by atoms with Crippen LogP contribution in [-0.4, -0.2) is 44.5 Å². The number of hydrogen-bond donors (Lipinski definition) is 2. The Hall–Kier alpha value is -1.66. The molecule has 158 valence electrons. The highest BCUT2D eigenvalue weighted by molar-refractivity contribution is 14.0. The van der Waals surface area contributed by atoms with Crippen LogP contribution < -0.4 is 10.6 Å². The number of hydrogen-bond acceptors (Lipinski definition) is 6. The second-order valence-electron chi connectivity index (χ2n) is 6.64. The maximum Gasteiger partial charge on any atom is 0.191 e. The van der Waals surface area contributed by atoms with Crippen molar-refractivity contribution in [3.63, 3.8) is 0 Å². The molecule has 1 unspecified atom stereocenters. The van der Waals surface area contributed by atoms with Crippen molar-refractivity contribution in [3.8, 4) is 10.8 Å². The molecule has 0 bridgehead atoms. The fourth-order valence-electron chi connectivity index (χ4n) is 2.63. The Labute approximate surface area is 192 Å². The number of sulfone groups is 1. The van der Waals surface area contributed by atoms with E-state index in [1.807, 2.05) is 43.3 Å². The van der Waals surface area contributed by atoms with Crippen LogP contribution in [0.5, 0.6) is 0 Å². The second kappa shape index (κ2) is 10.4. The van der Waals surface area contributed by atoms with Crippen molar-refractivity contribution in [3.05, 3.63) is 42.2 Å². The molecular weight excluding hydrogens is 523 g/mol. The number of thiazole rings is 1. The van der Waals surface area contributed by atoms with Crippen molar-refractivity contribution in [2.45, 2.75) is 25.9 Å². The Bertz CT molecular complexity index is 1040. The van der Waals surface area contributed by atoms with Crippen molar-refractivity contribution in [1.29, 1.82) is 0 Å². The summed E-state index contributed by atoms with van der Waals surface area (Å²) in [7, 11) is -1.30. The molecule has 2 aromatic heterocycles. The molecule has 3 aromatic rings. The molecule has 0 aliphatic heterocycles. The smallest absolute Gasteiger partial charge is 0.191 e. The first-order valence-electron chi connectivity index (χ1n) is 8.93. The number of aromatic nitrogens is 1. The van der Waals surface area contributed by atoms with E-state index < -0.39 is 9.84 Å². The summed E-state index contributed by atoms with van der Waals surface area (Å²) in [5, 5.41) is 7.22. The van der Waals surface area contributed by atoms with E-state index in [1.165, 1.54) is 6.26 Å². The van der Waals surface area contributed by atoms with Gasteiger partial charge in [-0.1, -0.05) is 12.1 Å². The summed E-state index contributed by atoms with van der Waals surface area (Å²) >= 11 is 1.60. The third-order valence-corrected chi connectivity index (χ3v) is 6.15. The van der Waals surface area contributed by atoms with Crippen molar-refractivity contribution in [2.75, 3.05) is 19.1 Å². The van der Waals surface area contributed by atoms with E-state index in [4.69, 9.17) is 4.42 Å². The number of benzene rings is 1. The Morgan fingerprint density at radius 3 is 2.72 bits per heavy atom. The summed E-state index contributed by atoms with van der Waals surface area (Å²) in [4.78, 5) is 8.78. The number of nitrogens with one attached hydrogen (secondary N) is 2. The van der Waals surface area contributed by atoms with Crippen molar-refractivity contribution in [2.24, 2.45) is 4.99 Å². The zero-order chi connectivity index (χ0) is 20.1. The van der Waals surface area contributed by atoms with E-state index in [9.17, 15) is 8.42 Å². The lowest BCUT2D eigenvalue weighted by Gasteiger charge is -2.17. The molecule has 1 aromatic carbocycles. The predicted octanol–water partition coefficient (Wildman–Crippen LogP) is 3.66. The molecule has 0 fully saturated rings. The van der Waals surface area contributed by atoms with Gasteiger partial charge in [0.2, 0.25) is 0 Å². The molecule has 0 radical (unpaired) electrons. The largest absolute Gasteiger partial charge is 0.457 e. The molecule has 0 amide bonds. The Morgan fingerprint density at radius 2 is 2.03 bits per heavy atom. The van der Waals surface area contributed by atoms with Gasteiger partial charge in [-0.05, 0) is 37.6 Å². The molecule has 0 saturated heterocycles. The quantitative estimate of drug-likeness (QED) is 0.266. The van der Waals surface area contributed by atoms with Crippen LogP contribution in [0.2, 0.25) is 0 Å². The fourth-order valence-corrected chi connectivity index (χ4v) is 4.34. The number of aliphatic imine (C=N–C) groups is 1. The van der Waals surface area contributed by atoms with Gasteiger partial charge in [-0.3, -0.25) is 4.99 Å². The van der Waals surface area contributed by atoms with Gasteiger partial charge in [-0.15, -0.1) is 35.3 Å². The number of furan rings is 1. The predicted molar refractivity (Wildman–Crippen MR) is 130 cm³/mol. The summed E-state index contributed by atoms with van der Waals surface area (Å²) in [5.41, 5.74) is 0.964. The Balaban J connectivity index is 0.00000300. The Morgan fingerprint density at radius 1 is 1.28 bits per heavy atom. The van der Waals surface area contributed by atoms with E-state index in [-0.39, 0.29) is 35.8 Å². The number of nitrogens with zero attached hydrogens (tertiary/aromatic N) is 2. The SMILES string of the molecule is CN=C(NCc1ccc(-c2nc3ccccc3s2)o1)NC(C)CCS(C)(=O)=O.I. The van der Waals surface area contributed by atoms with Crippen LogP contribution in [0, 0.1) is 0 Å². The van der Waals surface area contributed by atoms with E-state index in [0.29, 0.717) is 18.9 Å². The molecular formula is C19H25IN4O3S2. The molecule has 29 heavy (non-hydrogen) atoms. The van der Waals surface area contributed by atoms with E-state index in [1.54, 1.807) is 18.4 Å². The van der Waals surface area contributed by atoms with E-state index in [0.717, 1.165) is 26.7 Å². The van der Waals surface area contributed by atoms with Gasteiger partial charge in [0.05, 0.1) is 22.5 Å². The van der Waals surface area contributed by atoms with Crippen LogP contribution >= 0.6 is 35.3 Å². The van der Waals surface area contributed by atoms with Crippen LogP contribution in [0.1, 0.15) is 19.1 Å². The monoisotopic (exact) mass is 548 g/mol. The summed E-state index contributed by atoms with van der Waals surface area (Å²) in [6, 6.07) is 11.8. The molecule has 0 spiro atoms. The molecule has 2 N–H and O–H groups in total. The van der Waals surface area contributed by atoms with Crippen LogP contribution in [0.15, 0.2) is 45.8 Å². The molecule has 0 aliphatic carbocycles. The highest BCUT2D eigenvalue weighted by Crippen LogP contribution is 2.31. The minimum absolute atomic E-state index is 0. The summed E-state index contributed by atoms with van der Waals surface area (Å²) in [6.45, 7) is 2.39. The average molecular weight is 548 g/mol. The van der Waals surface area contributed by atoms with Crippen LogP contribution in [0.3, 0.4) is 0 Å². The number of halogens is 1. The number of guanidine groups is 1. The first-order chi connectivity index (χ1) is 13.3. The van der Waals surface area contributed by atoms with Crippen molar-refractivity contribution >= 4 is 61.3 Å².